The fourth-order valence-corrected chi connectivity index (χ4v) is 1.46. The van der Waals surface area contributed by atoms with Gasteiger partial charge in [0.1, 0.15) is 18.3 Å². The first kappa shape index (κ1) is 9.92. The van der Waals surface area contributed by atoms with Crippen molar-refractivity contribution >= 4 is 0 Å². The summed E-state index contributed by atoms with van der Waals surface area (Å²) in [4.78, 5) is 0. The Kier molecular flexibility index (Phi) is 3.94. The van der Waals surface area contributed by atoms with Crippen molar-refractivity contribution in [2.45, 2.75) is 18.3 Å². The molecule has 0 aromatic carbocycles. The number of hydrogen-bond acceptors (Lipinski definition) is 4. The normalized spacial score (nSPS) is 35.8. The first-order chi connectivity index (χ1) is 5.83. The van der Waals surface area contributed by atoms with Crippen LogP contribution in [0.15, 0.2) is 0 Å². The van der Waals surface area contributed by atoms with Crippen LogP contribution in [-0.2, 0) is 18.9 Å². The Morgan fingerprint density at radius 3 is 2.50 bits per heavy atom. The summed E-state index contributed by atoms with van der Waals surface area (Å²) >= 11 is 0. The zero-order valence-electron chi connectivity index (χ0n) is 7.78. The minimum atomic E-state index is -0.00468. The zero-order chi connectivity index (χ0) is 8.97. The molecular formula is C8H16O4. The SMILES string of the molecule is COCC1OC[C@@H](OC)C1OC. The van der Waals surface area contributed by atoms with E-state index < -0.39 is 0 Å². The van der Waals surface area contributed by atoms with Gasteiger partial charge in [0.2, 0.25) is 0 Å². The zero-order valence-corrected chi connectivity index (χ0v) is 7.78. The van der Waals surface area contributed by atoms with Crippen LogP contribution in [0.5, 0.6) is 0 Å². The van der Waals surface area contributed by atoms with Crippen LogP contribution < -0.4 is 0 Å². The second-order valence-electron chi connectivity index (χ2n) is 2.80. The predicted octanol–water partition coefficient (Wildman–Crippen LogP) is 0.0616. The first-order valence-corrected chi connectivity index (χ1v) is 3.99. The van der Waals surface area contributed by atoms with E-state index in [1.54, 1.807) is 21.3 Å². The van der Waals surface area contributed by atoms with Crippen molar-refractivity contribution in [3.8, 4) is 0 Å². The molecule has 3 atom stereocenters. The molecule has 0 aromatic rings. The topological polar surface area (TPSA) is 36.9 Å². The van der Waals surface area contributed by atoms with Crippen LogP contribution in [0.1, 0.15) is 0 Å². The Hall–Kier alpha value is -0.160. The molecule has 4 nitrogen and oxygen atoms in total. The third-order valence-corrected chi connectivity index (χ3v) is 2.11. The molecule has 0 bridgehead atoms. The maximum Gasteiger partial charge on any atom is 0.114 e. The first-order valence-electron chi connectivity index (χ1n) is 3.99. The van der Waals surface area contributed by atoms with Crippen LogP contribution in [0, 0.1) is 0 Å². The fourth-order valence-electron chi connectivity index (χ4n) is 1.46. The number of rotatable bonds is 4. The minimum absolute atomic E-state index is 0.00458. The van der Waals surface area contributed by atoms with Crippen LogP contribution in [0.2, 0.25) is 0 Å². The number of ether oxygens (including phenoxy) is 4. The van der Waals surface area contributed by atoms with Gasteiger partial charge in [-0.05, 0) is 0 Å². The molecular weight excluding hydrogens is 160 g/mol. The van der Waals surface area contributed by atoms with E-state index in [-0.39, 0.29) is 18.3 Å². The minimum Gasteiger partial charge on any atom is -0.382 e. The largest absolute Gasteiger partial charge is 0.382 e. The predicted molar refractivity (Wildman–Crippen MR) is 43.2 cm³/mol. The smallest absolute Gasteiger partial charge is 0.114 e. The van der Waals surface area contributed by atoms with Crippen LogP contribution in [-0.4, -0.2) is 52.9 Å². The molecule has 1 saturated heterocycles. The van der Waals surface area contributed by atoms with Crippen molar-refractivity contribution in [1.29, 1.82) is 0 Å². The fraction of sp³-hybridized carbons (Fsp3) is 1.00. The molecule has 0 aromatic heterocycles. The Morgan fingerprint density at radius 2 is 2.00 bits per heavy atom. The van der Waals surface area contributed by atoms with Gasteiger partial charge < -0.3 is 18.9 Å². The van der Waals surface area contributed by atoms with Gasteiger partial charge in [-0.3, -0.25) is 0 Å². The van der Waals surface area contributed by atoms with Gasteiger partial charge in [0, 0.05) is 21.3 Å². The monoisotopic (exact) mass is 176 g/mol. The highest BCUT2D eigenvalue weighted by Gasteiger charge is 2.37. The van der Waals surface area contributed by atoms with E-state index in [1.807, 2.05) is 0 Å². The van der Waals surface area contributed by atoms with Gasteiger partial charge in [-0.25, -0.2) is 0 Å². The van der Waals surface area contributed by atoms with E-state index >= 15 is 0 Å². The Balaban J connectivity index is 2.44. The van der Waals surface area contributed by atoms with Crippen LogP contribution >= 0.6 is 0 Å². The lowest BCUT2D eigenvalue weighted by molar-refractivity contribution is -0.0461. The second kappa shape index (κ2) is 4.77. The lowest BCUT2D eigenvalue weighted by atomic mass is 10.1. The Morgan fingerprint density at radius 1 is 1.25 bits per heavy atom. The molecule has 0 N–H and O–H groups in total. The van der Waals surface area contributed by atoms with Crippen molar-refractivity contribution in [3.05, 3.63) is 0 Å². The van der Waals surface area contributed by atoms with E-state index in [9.17, 15) is 0 Å². The Bertz CT molecular complexity index is 128. The van der Waals surface area contributed by atoms with Gasteiger partial charge >= 0.3 is 0 Å². The summed E-state index contributed by atoms with van der Waals surface area (Å²) in [6.45, 7) is 1.14. The highest BCUT2D eigenvalue weighted by molar-refractivity contribution is 4.85. The molecule has 0 saturated carbocycles. The highest BCUT2D eigenvalue weighted by Crippen LogP contribution is 2.19. The summed E-state index contributed by atoms with van der Waals surface area (Å²) in [6, 6.07) is 0. The van der Waals surface area contributed by atoms with Crippen molar-refractivity contribution in [1.82, 2.24) is 0 Å². The van der Waals surface area contributed by atoms with Crippen LogP contribution in [0.25, 0.3) is 0 Å². The van der Waals surface area contributed by atoms with Gasteiger partial charge in [0.25, 0.3) is 0 Å². The highest BCUT2D eigenvalue weighted by atomic mass is 16.6. The van der Waals surface area contributed by atoms with Crippen molar-refractivity contribution in [3.63, 3.8) is 0 Å². The Labute approximate surface area is 72.7 Å². The van der Waals surface area contributed by atoms with E-state index in [0.29, 0.717) is 13.2 Å². The number of hydrogen-bond donors (Lipinski definition) is 0. The second-order valence-corrected chi connectivity index (χ2v) is 2.80. The quantitative estimate of drug-likeness (QED) is 0.607. The van der Waals surface area contributed by atoms with Crippen molar-refractivity contribution in [2.24, 2.45) is 0 Å². The van der Waals surface area contributed by atoms with Gasteiger partial charge in [0.05, 0.1) is 13.2 Å². The maximum absolute atomic E-state index is 5.43. The summed E-state index contributed by atoms with van der Waals surface area (Å²) in [5.74, 6) is 0. The van der Waals surface area contributed by atoms with Gasteiger partial charge in [-0.1, -0.05) is 0 Å². The molecule has 0 aliphatic carbocycles. The van der Waals surface area contributed by atoms with Crippen LogP contribution in [0.4, 0.5) is 0 Å². The van der Waals surface area contributed by atoms with Gasteiger partial charge in [0.15, 0.2) is 0 Å². The van der Waals surface area contributed by atoms with Crippen molar-refractivity contribution in [2.75, 3.05) is 34.5 Å². The summed E-state index contributed by atoms with van der Waals surface area (Å²) < 4.78 is 20.9. The third-order valence-electron chi connectivity index (χ3n) is 2.11. The maximum atomic E-state index is 5.43. The van der Waals surface area contributed by atoms with Gasteiger partial charge in [-0.2, -0.15) is 0 Å². The molecule has 0 radical (unpaired) electrons. The van der Waals surface area contributed by atoms with E-state index in [0.717, 1.165) is 0 Å². The molecule has 4 heteroatoms. The lowest BCUT2D eigenvalue weighted by Crippen LogP contribution is -2.35. The standard InChI is InChI=1S/C8H16O4/c1-9-4-7-8(11-3)6(10-2)5-12-7/h6-8H,4-5H2,1-3H3/t6-,7?,8?/m1/s1. The summed E-state index contributed by atoms with van der Waals surface area (Å²) in [7, 11) is 4.97. The molecule has 0 amide bonds. The third kappa shape index (κ3) is 1.95. The average molecular weight is 176 g/mol. The van der Waals surface area contributed by atoms with Crippen molar-refractivity contribution < 1.29 is 18.9 Å². The van der Waals surface area contributed by atoms with E-state index in [1.165, 1.54) is 0 Å². The molecule has 12 heavy (non-hydrogen) atoms. The molecule has 1 fully saturated rings. The summed E-state index contributed by atoms with van der Waals surface area (Å²) in [6.07, 6.45) is 0.0371. The van der Waals surface area contributed by atoms with Gasteiger partial charge in [-0.15, -0.1) is 0 Å². The number of methoxy groups -OCH3 is 3. The van der Waals surface area contributed by atoms with E-state index in [4.69, 9.17) is 18.9 Å². The summed E-state index contributed by atoms with van der Waals surface area (Å²) in [5, 5.41) is 0. The van der Waals surface area contributed by atoms with Crippen LogP contribution in [0.3, 0.4) is 0 Å². The molecule has 72 valence electrons. The molecule has 2 unspecified atom stereocenters. The van der Waals surface area contributed by atoms with E-state index in [2.05, 4.69) is 0 Å². The average Bonchev–Trinajstić information content (AvgIpc) is 2.47. The molecule has 1 rings (SSSR count). The summed E-state index contributed by atoms with van der Waals surface area (Å²) in [5.41, 5.74) is 0. The molecule has 1 heterocycles. The molecule has 1 aliphatic heterocycles. The molecule has 0 spiro atoms. The molecule has 1 aliphatic rings. The lowest BCUT2D eigenvalue weighted by Gasteiger charge is -2.19.